The molecule has 4 aliphatic rings. The van der Waals surface area contributed by atoms with Crippen molar-refractivity contribution in [3.05, 3.63) is 59.2 Å². The summed E-state index contributed by atoms with van der Waals surface area (Å²) in [6, 6.07) is 14.6. The van der Waals surface area contributed by atoms with Crippen LogP contribution >= 0.6 is 0 Å². The molecule has 2 aromatic rings. The lowest BCUT2D eigenvalue weighted by Gasteiger charge is -2.45. The van der Waals surface area contributed by atoms with Crippen LogP contribution in [0, 0.1) is 0 Å². The number of benzene rings is 2. The van der Waals surface area contributed by atoms with Crippen LogP contribution in [0.15, 0.2) is 42.5 Å². The second-order valence-corrected chi connectivity index (χ2v) is 8.93. The molecule has 27 heavy (non-hydrogen) atoms. The second-order valence-electron chi connectivity index (χ2n) is 8.93. The molecule has 0 N–H and O–H groups in total. The highest BCUT2D eigenvalue weighted by Crippen LogP contribution is 2.43. The van der Waals surface area contributed by atoms with Crippen LogP contribution in [-0.2, 0) is 12.8 Å². The summed E-state index contributed by atoms with van der Waals surface area (Å²) in [7, 11) is 0. The van der Waals surface area contributed by atoms with Crippen molar-refractivity contribution in [1.82, 2.24) is 4.90 Å². The lowest BCUT2D eigenvalue weighted by Crippen LogP contribution is -2.52. The smallest absolute Gasteiger partial charge is 0.123 e. The van der Waals surface area contributed by atoms with Crippen molar-refractivity contribution in [3.63, 3.8) is 0 Å². The van der Waals surface area contributed by atoms with Gasteiger partial charge in [-0.2, -0.15) is 0 Å². The lowest BCUT2D eigenvalue weighted by atomic mass is 9.83. The molecule has 0 amide bonds. The molecule has 1 saturated heterocycles. The van der Waals surface area contributed by atoms with Crippen LogP contribution in [0.3, 0.4) is 0 Å². The van der Waals surface area contributed by atoms with Gasteiger partial charge in [0, 0.05) is 38.4 Å². The molecule has 1 spiro atoms. The van der Waals surface area contributed by atoms with Gasteiger partial charge in [0.1, 0.15) is 11.4 Å². The molecule has 2 aliphatic carbocycles. The van der Waals surface area contributed by atoms with Crippen LogP contribution in [0.1, 0.15) is 48.8 Å². The van der Waals surface area contributed by atoms with E-state index in [0.717, 1.165) is 24.6 Å². The predicted octanol–water partition coefficient (Wildman–Crippen LogP) is 5.24. The average Bonchev–Trinajstić information content (AvgIpc) is 3.25. The Kier molecular flexibility index (Phi) is 3.53. The molecule has 2 heterocycles. The number of hydrogen-bond donors (Lipinski definition) is 0. The van der Waals surface area contributed by atoms with E-state index in [4.69, 9.17) is 4.74 Å². The molecule has 0 aromatic heterocycles. The summed E-state index contributed by atoms with van der Waals surface area (Å²) in [5, 5.41) is 0. The van der Waals surface area contributed by atoms with Gasteiger partial charge in [-0.05, 0) is 65.3 Å². The molecule has 0 unspecified atom stereocenters. The maximum atomic E-state index is 6.54. The van der Waals surface area contributed by atoms with Crippen LogP contribution in [0.2, 0.25) is 0 Å². The SMILES string of the molecule is C1=Cc2cc(-c3ccc4c(c3)CC3(CCN(C5CCC5)CC3)O4)ccc2C1. The Balaban J connectivity index is 1.22. The van der Waals surface area contributed by atoms with E-state index >= 15 is 0 Å². The Morgan fingerprint density at radius 2 is 1.74 bits per heavy atom. The fourth-order valence-corrected chi connectivity index (χ4v) is 5.37. The van der Waals surface area contributed by atoms with Crippen LogP contribution < -0.4 is 4.74 Å². The van der Waals surface area contributed by atoms with Gasteiger partial charge in [0.15, 0.2) is 0 Å². The fraction of sp³-hybridized carbons (Fsp3) is 0.440. The van der Waals surface area contributed by atoms with Crippen molar-refractivity contribution in [1.29, 1.82) is 0 Å². The summed E-state index contributed by atoms with van der Waals surface area (Å²) in [5.41, 5.74) is 6.93. The summed E-state index contributed by atoms with van der Waals surface area (Å²) >= 11 is 0. The van der Waals surface area contributed by atoms with Crippen LogP contribution in [0.5, 0.6) is 5.75 Å². The number of fused-ring (bicyclic) bond motifs is 2. The van der Waals surface area contributed by atoms with Gasteiger partial charge in [0.25, 0.3) is 0 Å². The topological polar surface area (TPSA) is 12.5 Å². The van der Waals surface area contributed by atoms with Crippen LogP contribution in [0.25, 0.3) is 17.2 Å². The second kappa shape index (κ2) is 5.97. The van der Waals surface area contributed by atoms with Crippen molar-refractivity contribution in [2.45, 2.75) is 56.6 Å². The van der Waals surface area contributed by atoms with Crippen molar-refractivity contribution in [2.75, 3.05) is 13.1 Å². The first-order valence-electron chi connectivity index (χ1n) is 10.6. The zero-order valence-electron chi connectivity index (χ0n) is 15.9. The zero-order chi connectivity index (χ0) is 17.8. The minimum Gasteiger partial charge on any atom is -0.487 e. The van der Waals surface area contributed by atoms with E-state index in [0.29, 0.717) is 0 Å². The summed E-state index contributed by atoms with van der Waals surface area (Å²) in [6.45, 7) is 2.42. The van der Waals surface area contributed by atoms with Gasteiger partial charge < -0.3 is 9.64 Å². The number of nitrogens with zero attached hydrogens (tertiary/aromatic N) is 1. The van der Waals surface area contributed by atoms with Gasteiger partial charge in [-0.25, -0.2) is 0 Å². The Morgan fingerprint density at radius 3 is 2.56 bits per heavy atom. The normalized spacial score (nSPS) is 23.1. The molecule has 0 radical (unpaired) electrons. The maximum absolute atomic E-state index is 6.54. The fourth-order valence-electron chi connectivity index (χ4n) is 5.37. The molecular weight excluding hydrogens is 330 g/mol. The van der Waals surface area contributed by atoms with E-state index in [1.54, 1.807) is 0 Å². The van der Waals surface area contributed by atoms with Gasteiger partial charge in [0.05, 0.1) is 0 Å². The number of piperidine rings is 1. The zero-order valence-corrected chi connectivity index (χ0v) is 15.9. The van der Waals surface area contributed by atoms with Gasteiger partial charge in [-0.1, -0.05) is 36.8 Å². The molecule has 0 atom stereocenters. The van der Waals surface area contributed by atoms with Gasteiger partial charge in [0.2, 0.25) is 0 Å². The molecule has 2 heteroatoms. The van der Waals surface area contributed by atoms with E-state index in [1.807, 2.05) is 0 Å². The molecule has 6 rings (SSSR count). The average molecular weight is 357 g/mol. The van der Waals surface area contributed by atoms with Crippen LogP contribution in [0.4, 0.5) is 0 Å². The molecule has 2 fully saturated rings. The maximum Gasteiger partial charge on any atom is 0.123 e. The minimum absolute atomic E-state index is 0.0574. The number of rotatable bonds is 2. The van der Waals surface area contributed by atoms with E-state index in [1.165, 1.54) is 73.0 Å². The number of hydrogen-bond acceptors (Lipinski definition) is 2. The Labute approximate surface area is 161 Å². The van der Waals surface area contributed by atoms with Gasteiger partial charge >= 0.3 is 0 Å². The molecule has 2 nitrogen and oxygen atoms in total. The first-order valence-corrected chi connectivity index (χ1v) is 10.6. The third kappa shape index (κ3) is 2.65. The third-order valence-corrected chi connectivity index (χ3v) is 7.31. The molecule has 2 aromatic carbocycles. The highest BCUT2D eigenvalue weighted by molar-refractivity contribution is 5.72. The standard InChI is InChI=1S/C25H27NO/c1-3-18-7-8-20(15-19(18)4-1)21-9-10-24-22(16-21)17-25(27-24)11-13-26(14-12-25)23-5-2-6-23/h1,4,7-10,15-16,23H,2-3,5-6,11-14,17H2. The summed E-state index contributed by atoms with van der Waals surface area (Å²) in [4.78, 5) is 2.71. The van der Waals surface area contributed by atoms with Crippen molar-refractivity contribution < 1.29 is 4.74 Å². The number of ether oxygens (including phenoxy) is 1. The number of allylic oxidation sites excluding steroid dienone is 1. The van der Waals surface area contributed by atoms with Gasteiger partial charge in [-0.3, -0.25) is 0 Å². The van der Waals surface area contributed by atoms with Crippen molar-refractivity contribution >= 4 is 6.08 Å². The molecule has 138 valence electrons. The minimum atomic E-state index is 0.0574. The first-order chi connectivity index (χ1) is 13.3. The summed E-state index contributed by atoms with van der Waals surface area (Å²) < 4.78 is 6.54. The van der Waals surface area contributed by atoms with E-state index in [-0.39, 0.29) is 5.60 Å². The van der Waals surface area contributed by atoms with Crippen molar-refractivity contribution in [2.24, 2.45) is 0 Å². The summed E-state index contributed by atoms with van der Waals surface area (Å²) in [6.07, 6.45) is 13.3. The van der Waals surface area contributed by atoms with E-state index in [9.17, 15) is 0 Å². The molecule has 1 saturated carbocycles. The molecule has 2 aliphatic heterocycles. The monoisotopic (exact) mass is 357 g/mol. The highest BCUT2D eigenvalue weighted by atomic mass is 16.5. The Bertz CT molecular complexity index is 916. The predicted molar refractivity (Wildman–Crippen MR) is 110 cm³/mol. The van der Waals surface area contributed by atoms with Crippen molar-refractivity contribution in [3.8, 4) is 16.9 Å². The van der Waals surface area contributed by atoms with E-state index in [2.05, 4.69) is 53.5 Å². The largest absolute Gasteiger partial charge is 0.487 e. The highest BCUT2D eigenvalue weighted by Gasteiger charge is 2.43. The quantitative estimate of drug-likeness (QED) is 0.728. The third-order valence-electron chi connectivity index (χ3n) is 7.31. The Hall–Kier alpha value is -2.06. The Morgan fingerprint density at radius 1 is 0.926 bits per heavy atom. The first kappa shape index (κ1) is 15.9. The van der Waals surface area contributed by atoms with E-state index < -0.39 is 0 Å². The van der Waals surface area contributed by atoms with Crippen LogP contribution in [-0.4, -0.2) is 29.6 Å². The number of likely N-dealkylation sites (tertiary alicyclic amines) is 1. The molecular formula is C25H27NO. The summed E-state index contributed by atoms with van der Waals surface area (Å²) in [5.74, 6) is 1.12. The van der Waals surface area contributed by atoms with Gasteiger partial charge in [-0.15, -0.1) is 0 Å². The lowest BCUT2D eigenvalue weighted by molar-refractivity contribution is -0.00746. The molecule has 0 bridgehead atoms.